The number of rotatable bonds is 6. The van der Waals surface area contributed by atoms with Gasteiger partial charge < -0.3 is 5.32 Å². The smallest absolute Gasteiger partial charge is 0.250 e. The third-order valence-corrected chi connectivity index (χ3v) is 5.73. The zero-order chi connectivity index (χ0) is 15.3. The summed E-state index contributed by atoms with van der Waals surface area (Å²) in [4.78, 5) is 11.9. The van der Waals surface area contributed by atoms with Crippen molar-refractivity contribution < 1.29 is 13.2 Å². The van der Waals surface area contributed by atoms with E-state index in [2.05, 4.69) is 10.0 Å². The molecule has 112 valence electrons. The van der Waals surface area contributed by atoms with Crippen LogP contribution in [0.4, 0.5) is 0 Å². The Kier molecular flexibility index (Phi) is 5.11. The fourth-order valence-electron chi connectivity index (χ4n) is 1.70. The normalized spacial score (nSPS) is 12.8. The summed E-state index contributed by atoms with van der Waals surface area (Å²) in [5, 5.41) is 4.38. The van der Waals surface area contributed by atoms with Gasteiger partial charge in [-0.25, -0.2) is 8.42 Å². The summed E-state index contributed by atoms with van der Waals surface area (Å²) in [7, 11) is -3.64. The number of nitrogens with one attached hydrogen (secondary N) is 2. The largest absolute Gasteiger partial charge is 0.351 e. The van der Waals surface area contributed by atoms with E-state index in [1.165, 1.54) is 13.0 Å². The summed E-state index contributed by atoms with van der Waals surface area (Å²) >= 11 is 1.11. The van der Waals surface area contributed by atoms with Crippen LogP contribution in [0.25, 0.3) is 0 Å². The molecule has 0 saturated carbocycles. The van der Waals surface area contributed by atoms with E-state index in [9.17, 15) is 13.2 Å². The molecular weight excluding hydrogens is 308 g/mol. The second-order valence-corrected chi connectivity index (χ2v) is 7.37. The minimum Gasteiger partial charge on any atom is -0.351 e. The van der Waals surface area contributed by atoms with E-state index in [0.717, 1.165) is 16.9 Å². The fraction of sp³-hybridized carbons (Fsp3) is 0.214. The molecule has 2 rings (SSSR count). The van der Waals surface area contributed by atoms with Gasteiger partial charge in [-0.05, 0) is 23.9 Å². The van der Waals surface area contributed by atoms with Gasteiger partial charge in [0.15, 0.2) is 0 Å². The highest BCUT2D eigenvalue weighted by Crippen LogP contribution is 2.15. The number of hydrogen-bond acceptors (Lipinski definition) is 4. The van der Waals surface area contributed by atoms with Crippen molar-refractivity contribution in [1.82, 2.24) is 10.0 Å². The molecule has 0 bridgehead atoms. The van der Waals surface area contributed by atoms with E-state index in [0.29, 0.717) is 6.54 Å². The lowest BCUT2D eigenvalue weighted by Crippen LogP contribution is -2.44. The monoisotopic (exact) mass is 324 g/mol. The van der Waals surface area contributed by atoms with Crippen LogP contribution in [0.15, 0.2) is 52.1 Å². The van der Waals surface area contributed by atoms with Crippen molar-refractivity contribution in [3.8, 4) is 0 Å². The van der Waals surface area contributed by atoms with Crippen molar-refractivity contribution in [2.24, 2.45) is 0 Å². The van der Waals surface area contributed by atoms with Crippen LogP contribution in [-0.2, 0) is 21.4 Å². The summed E-state index contributed by atoms with van der Waals surface area (Å²) in [5.41, 5.74) is 0.958. The zero-order valence-corrected chi connectivity index (χ0v) is 13.1. The van der Waals surface area contributed by atoms with Gasteiger partial charge in [-0.15, -0.1) is 11.3 Å². The molecule has 1 amide bonds. The summed E-state index contributed by atoms with van der Waals surface area (Å²) in [5.74, 6) is -0.362. The van der Waals surface area contributed by atoms with Crippen molar-refractivity contribution >= 4 is 27.3 Å². The zero-order valence-electron chi connectivity index (χ0n) is 11.4. The fourth-order valence-corrected chi connectivity index (χ4v) is 3.91. The number of carbonyl (C=O) groups excluding carboxylic acids is 1. The Balaban J connectivity index is 1.91. The predicted molar refractivity (Wildman–Crippen MR) is 82.4 cm³/mol. The number of benzene rings is 1. The Hall–Kier alpha value is -1.70. The van der Waals surface area contributed by atoms with Crippen LogP contribution in [0.3, 0.4) is 0 Å². The van der Waals surface area contributed by atoms with Gasteiger partial charge in [-0.1, -0.05) is 36.4 Å². The van der Waals surface area contributed by atoms with E-state index in [-0.39, 0.29) is 10.1 Å². The minimum atomic E-state index is -3.64. The Morgan fingerprint density at radius 3 is 2.52 bits per heavy atom. The second kappa shape index (κ2) is 6.84. The second-order valence-electron chi connectivity index (χ2n) is 4.48. The van der Waals surface area contributed by atoms with Crippen LogP contribution in [0, 0.1) is 0 Å². The van der Waals surface area contributed by atoms with Crippen molar-refractivity contribution in [3.63, 3.8) is 0 Å². The highest BCUT2D eigenvalue weighted by molar-refractivity contribution is 7.91. The van der Waals surface area contributed by atoms with E-state index >= 15 is 0 Å². The van der Waals surface area contributed by atoms with Crippen molar-refractivity contribution in [2.45, 2.75) is 23.7 Å². The first-order chi connectivity index (χ1) is 9.99. The van der Waals surface area contributed by atoms with Crippen molar-refractivity contribution in [3.05, 3.63) is 53.4 Å². The molecule has 7 heteroatoms. The maximum absolute atomic E-state index is 12.0. The van der Waals surface area contributed by atoms with Gasteiger partial charge in [-0.2, -0.15) is 4.72 Å². The molecule has 0 saturated heterocycles. The van der Waals surface area contributed by atoms with Crippen molar-refractivity contribution in [1.29, 1.82) is 0 Å². The van der Waals surface area contributed by atoms with E-state index < -0.39 is 16.1 Å². The van der Waals surface area contributed by atoms with Crippen LogP contribution >= 0.6 is 11.3 Å². The molecule has 0 radical (unpaired) electrons. The quantitative estimate of drug-likeness (QED) is 0.850. The number of thiophene rings is 1. The van der Waals surface area contributed by atoms with Gasteiger partial charge in [0, 0.05) is 6.54 Å². The Morgan fingerprint density at radius 2 is 1.90 bits per heavy atom. The van der Waals surface area contributed by atoms with Crippen LogP contribution < -0.4 is 10.0 Å². The minimum absolute atomic E-state index is 0.199. The Labute approximate surface area is 128 Å². The van der Waals surface area contributed by atoms with Crippen LogP contribution in [0.1, 0.15) is 12.5 Å². The van der Waals surface area contributed by atoms with Gasteiger partial charge >= 0.3 is 0 Å². The first-order valence-corrected chi connectivity index (χ1v) is 8.73. The molecule has 0 aliphatic carbocycles. The molecule has 1 aromatic carbocycles. The highest BCUT2D eigenvalue weighted by Gasteiger charge is 2.22. The molecule has 0 fully saturated rings. The number of hydrogen-bond donors (Lipinski definition) is 2. The molecule has 1 atom stereocenters. The lowest BCUT2D eigenvalue weighted by Gasteiger charge is -2.13. The maximum Gasteiger partial charge on any atom is 0.250 e. The molecule has 1 aromatic heterocycles. The van der Waals surface area contributed by atoms with Gasteiger partial charge in [0.05, 0.1) is 6.04 Å². The topological polar surface area (TPSA) is 75.3 Å². The number of carbonyl (C=O) groups is 1. The molecule has 21 heavy (non-hydrogen) atoms. The summed E-state index contributed by atoms with van der Waals surface area (Å²) in [6.07, 6.45) is 0. The molecule has 0 spiro atoms. The highest BCUT2D eigenvalue weighted by atomic mass is 32.2. The van der Waals surface area contributed by atoms with Crippen molar-refractivity contribution in [2.75, 3.05) is 0 Å². The first-order valence-electron chi connectivity index (χ1n) is 6.36. The average Bonchev–Trinajstić information content (AvgIpc) is 3.00. The molecule has 1 heterocycles. The van der Waals surface area contributed by atoms with Gasteiger partial charge in [0.1, 0.15) is 4.21 Å². The summed E-state index contributed by atoms with van der Waals surface area (Å²) in [6, 6.07) is 11.8. The molecule has 0 unspecified atom stereocenters. The standard InChI is InChI=1S/C14H16N2O3S2/c1-11(16-21(18,19)13-8-5-9-20-13)14(17)15-10-12-6-3-2-4-7-12/h2-9,11,16H,10H2,1H3,(H,15,17)/t11-/m1/s1. The number of amides is 1. The molecule has 5 nitrogen and oxygen atoms in total. The molecule has 2 aromatic rings. The third-order valence-electron chi connectivity index (χ3n) is 2.79. The maximum atomic E-state index is 12.0. The van der Waals surface area contributed by atoms with Crippen LogP contribution in [0.2, 0.25) is 0 Å². The first kappa shape index (κ1) is 15.7. The van der Waals surface area contributed by atoms with Gasteiger partial charge in [0.2, 0.25) is 5.91 Å². The molecule has 0 aliphatic heterocycles. The van der Waals surface area contributed by atoms with E-state index in [1.54, 1.807) is 11.4 Å². The average molecular weight is 324 g/mol. The van der Waals surface area contributed by atoms with E-state index in [1.807, 2.05) is 30.3 Å². The van der Waals surface area contributed by atoms with Gasteiger partial charge in [-0.3, -0.25) is 4.79 Å². The summed E-state index contributed by atoms with van der Waals surface area (Å²) in [6.45, 7) is 1.89. The van der Waals surface area contributed by atoms with Crippen LogP contribution in [0.5, 0.6) is 0 Å². The Bertz CT molecular complexity index is 682. The predicted octanol–water partition coefficient (Wildman–Crippen LogP) is 1.73. The lowest BCUT2D eigenvalue weighted by atomic mass is 10.2. The molecule has 0 aliphatic rings. The third kappa shape index (κ3) is 4.38. The summed E-state index contributed by atoms with van der Waals surface area (Å²) < 4.78 is 26.6. The lowest BCUT2D eigenvalue weighted by molar-refractivity contribution is -0.122. The molecule has 2 N–H and O–H groups in total. The molecular formula is C14H16N2O3S2. The Morgan fingerprint density at radius 1 is 1.19 bits per heavy atom. The van der Waals surface area contributed by atoms with Gasteiger partial charge in [0.25, 0.3) is 10.0 Å². The number of sulfonamides is 1. The SMILES string of the molecule is C[C@@H](NS(=O)(=O)c1cccs1)C(=O)NCc1ccccc1. The van der Waals surface area contributed by atoms with E-state index in [4.69, 9.17) is 0 Å². The van der Waals surface area contributed by atoms with Crippen LogP contribution in [-0.4, -0.2) is 20.4 Å².